The van der Waals surface area contributed by atoms with Gasteiger partial charge in [-0.05, 0) is 60.5 Å². The van der Waals surface area contributed by atoms with Crippen LogP contribution in [0.5, 0.6) is 0 Å². The molecule has 0 aliphatic carbocycles. The number of hydrogen-bond donors (Lipinski definition) is 1. The molecule has 0 saturated heterocycles. The van der Waals surface area contributed by atoms with Crippen molar-refractivity contribution < 1.29 is 4.79 Å². The SMILES string of the molecule is CN(CCc1ccncc1)C(=O)c1cc(Nc2ccc(N(C)C)cc2)ccn1. The van der Waals surface area contributed by atoms with E-state index in [1.165, 1.54) is 0 Å². The van der Waals surface area contributed by atoms with Gasteiger partial charge in [0.25, 0.3) is 5.91 Å². The van der Waals surface area contributed by atoms with Crippen LogP contribution >= 0.6 is 0 Å². The Bertz CT molecular complexity index is 910. The third-order valence-corrected chi connectivity index (χ3v) is 4.48. The molecule has 2 aromatic heterocycles. The molecular weight excluding hydrogens is 350 g/mol. The molecule has 28 heavy (non-hydrogen) atoms. The summed E-state index contributed by atoms with van der Waals surface area (Å²) >= 11 is 0. The summed E-state index contributed by atoms with van der Waals surface area (Å²) in [4.78, 5) is 24.7. The summed E-state index contributed by atoms with van der Waals surface area (Å²) < 4.78 is 0. The van der Waals surface area contributed by atoms with Crippen LogP contribution < -0.4 is 10.2 Å². The minimum absolute atomic E-state index is 0.0966. The molecule has 0 saturated carbocycles. The van der Waals surface area contributed by atoms with Crippen LogP contribution in [0.2, 0.25) is 0 Å². The number of nitrogens with zero attached hydrogens (tertiary/aromatic N) is 4. The zero-order valence-electron chi connectivity index (χ0n) is 16.5. The maximum absolute atomic E-state index is 12.7. The molecule has 0 aliphatic heterocycles. The van der Waals surface area contributed by atoms with Gasteiger partial charge in [0, 0.05) is 63.3 Å². The van der Waals surface area contributed by atoms with Crippen molar-refractivity contribution in [2.24, 2.45) is 0 Å². The molecule has 1 aromatic carbocycles. The summed E-state index contributed by atoms with van der Waals surface area (Å²) in [6.45, 7) is 0.619. The van der Waals surface area contributed by atoms with Crippen LogP contribution in [0.4, 0.5) is 17.1 Å². The van der Waals surface area contributed by atoms with Gasteiger partial charge in [0.05, 0.1) is 0 Å². The fourth-order valence-electron chi connectivity index (χ4n) is 2.78. The number of carbonyl (C=O) groups excluding carboxylic acids is 1. The highest BCUT2D eigenvalue weighted by molar-refractivity contribution is 5.93. The molecule has 1 N–H and O–H groups in total. The number of anilines is 3. The molecule has 3 aromatic rings. The van der Waals surface area contributed by atoms with E-state index >= 15 is 0 Å². The van der Waals surface area contributed by atoms with Crippen molar-refractivity contribution in [1.29, 1.82) is 0 Å². The summed E-state index contributed by atoms with van der Waals surface area (Å²) in [5.74, 6) is -0.0966. The lowest BCUT2D eigenvalue weighted by atomic mass is 10.2. The maximum atomic E-state index is 12.7. The standard InChI is InChI=1S/C22H25N5O/c1-26(2)20-6-4-18(5-7-20)25-19-10-14-24-21(16-19)22(28)27(3)15-11-17-8-12-23-13-9-17/h4-10,12-14,16H,11,15H2,1-3H3,(H,24,25). The van der Waals surface area contributed by atoms with E-state index in [0.29, 0.717) is 12.2 Å². The lowest BCUT2D eigenvalue weighted by molar-refractivity contribution is 0.0791. The molecule has 0 fully saturated rings. The van der Waals surface area contributed by atoms with Crippen molar-refractivity contribution >= 4 is 23.0 Å². The minimum Gasteiger partial charge on any atom is -0.378 e. The number of pyridine rings is 2. The van der Waals surface area contributed by atoms with Gasteiger partial charge in [0.2, 0.25) is 0 Å². The quantitative estimate of drug-likeness (QED) is 0.684. The van der Waals surface area contributed by atoms with Crippen molar-refractivity contribution in [2.45, 2.75) is 6.42 Å². The maximum Gasteiger partial charge on any atom is 0.272 e. The van der Waals surface area contributed by atoms with E-state index in [0.717, 1.165) is 29.0 Å². The Kier molecular flexibility index (Phi) is 6.22. The Morgan fingerprint density at radius 1 is 0.929 bits per heavy atom. The molecule has 0 aliphatic rings. The molecule has 3 rings (SSSR count). The average Bonchev–Trinajstić information content (AvgIpc) is 2.73. The lowest BCUT2D eigenvalue weighted by Crippen LogP contribution is -2.29. The first kappa shape index (κ1) is 19.4. The third kappa shape index (κ3) is 5.07. The predicted molar refractivity (Wildman–Crippen MR) is 113 cm³/mol. The van der Waals surface area contributed by atoms with Crippen molar-refractivity contribution in [2.75, 3.05) is 37.9 Å². The zero-order chi connectivity index (χ0) is 19.9. The van der Waals surface area contributed by atoms with Gasteiger partial charge in [-0.2, -0.15) is 0 Å². The van der Waals surface area contributed by atoms with Gasteiger partial charge in [-0.15, -0.1) is 0 Å². The molecular formula is C22H25N5O. The highest BCUT2D eigenvalue weighted by Gasteiger charge is 2.13. The van der Waals surface area contributed by atoms with E-state index in [4.69, 9.17) is 0 Å². The molecule has 0 unspecified atom stereocenters. The second-order valence-electron chi connectivity index (χ2n) is 6.83. The number of amides is 1. The first-order valence-corrected chi connectivity index (χ1v) is 9.18. The normalized spacial score (nSPS) is 10.4. The van der Waals surface area contributed by atoms with Crippen LogP contribution in [0.1, 0.15) is 16.1 Å². The van der Waals surface area contributed by atoms with Gasteiger partial charge in [0.15, 0.2) is 0 Å². The summed E-state index contributed by atoms with van der Waals surface area (Å²) in [7, 11) is 5.81. The van der Waals surface area contributed by atoms with E-state index in [1.54, 1.807) is 36.6 Å². The van der Waals surface area contributed by atoms with Crippen LogP contribution in [0, 0.1) is 0 Å². The Hall–Kier alpha value is -3.41. The van der Waals surface area contributed by atoms with Crippen molar-refractivity contribution in [1.82, 2.24) is 14.9 Å². The Balaban J connectivity index is 1.63. The van der Waals surface area contributed by atoms with Crippen LogP contribution in [0.3, 0.4) is 0 Å². The van der Waals surface area contributed by atoms with Gasteiger partial charge >= 0.3 is 0 Å². The second kappa shape index (κ2) is 8.99. The summed E-state index contributed by atoms with van der Waals surface area (Å²) in [6.07, 6.45) is 5.96. The number of aromatic nitrogens is 2. The number of rotatable bonds is 7. The number of carbonyl (C=O) groups is 1. The van der Waals surface area contributed by atoms with Gasteiger partial charge in [-0.25, -0.2) is 0 Å². The summed E-state index contributed by atoms with van der Waals surface area (Å²) in [6, 6.07) is 15.7. The number of likely N-dealkylation sites (N-methyl/N-ethyl adjacent to an activating group) is 1. The van der Waals surface area contributed by atoms with Gasteiger partial charge < -0.3 is 15.1 Å². The van der Waals surface area contributed by atoms with Crippen LogP contribution in [0.25, 0.3) is 0 Å². The Morgan fingerprint density at radius 3 is 2.32 bits per heavy atom. The predicted octanol–water partition coefficient (Wildman–Crippen LogP) is 3.60. The van der Waals surface area contributed by atoms with E-state index in [1.807, 2.05) is 56.6 Å². The number of hydrogen-bond acceptors (Lipinski definition) is 5. The zero-order valence-corrected chi connectivity index (χ0v) is 16.5. The third-order valence-electron chi connectivity index (χ3n) is 4.48. The topological polar surface area (TPSA) is 61.4 Å². The fourth-order valence-corrected chi connectivity index (χ4v) is 2.78. The lowest BCUT2D eigenvalue weighted by Gasteiger charge is -2.17. The summed E-state index contributed by atoms with van der Waals surface area (Å²) in [5, 5.41) is 3.33. The largest absolute Gasteiger partial charge is 0.378 e. The van der Waals surface area contributed by atoms with E-state index < -0.39 is 0 Å². The van der Waals surface area contributed by atoms with Gasteiger partial charge in [-0.1, -0.05) is 0 Å². The smallest absolute Gasteiger partial charge is 0.272 e. The molecule has 1 amide bonds. The molecule has 0 atom stereocenters. The molecule has 144 valence electrons. The van der Waals surface area contributed by atoms with Crippen LogP contribution in [-0.2, 0) is 6.42 Å². The fraction of sp³-hybridized carbons (Fsp3) is 0.227. The molecule has 0 radical (unpaired) electrons. The minimum atomic E-state index is -0.0966. The van der Waals surface area contributed by atoms with E-state index in [-0.39, 0.29) is 5.91 Å². The Morgan fingerprint density at radius 2 is 1.64 bits per heavy atom. The second-order valence-corrected chi connectivity index (χ2v) is 6.83. The first-order chi connectivity index (χ1) is 13.5. The van der Waals surface area contributed by atoms with Gasteiger partial charge in [-0.3, -0.25) is 14.8 Å². The van der Waals surface area contributed by atoms with E-state index in [9.17, 15) is 4.79 Å². The molecule has 6 nitrogen and oxygen atoms in total. The van der Waals surface area contributed by atoms with Crippen molar-refractivity contribution in [3.63, 3.8) is 0 Å². The van der Waals surface area contributed by atoms with E-state index in [2.05, 4.69) is 20.2 Å². The molecule has 0 spiro atoms. The Labute approximate surface area is 165 Å². The molecule has 6 heteroatoms. The van der Waals surface area contributed by atoms with Crippen LogP contribution in [-0.4, -0.2) is 48.5 Å². The highest BCUT2D eigenvalue weighted by Crippen LogP contribution is 2.20. The molecule has 2 heterocycles. The van der Waals surface area contributed by atoms with Crippen LogP contribution in [0.15, 0.2) is 67.1 Å². The number of benzene rings is 1. The van der Waals surface area contributed by atoms with Crippen molar-refractivity contribution in [3.8, 4) is 0 Å². The van der Waals surface area contributed by atoms with Gasteiger partial charge in [0.1, 0.15) is 5.69 Å². The highest BCUT2D eigenvalue weighted by atomic mass is 16.2. The average molecular weight is 375 g/mol. The summed E-state index contributed by atoms with van der Waals surface area (Å²) in [5.41, 5.74) is 4.50. The monoisotopic (exact) mass is 375 g/mol. The first-order valence-electron chi connectivity index (χ1n) is 9.18. The van der Waals surface area contributed by atoms with Crippen molar-refractivity contribution in [3.05, 3.63) is 78.4 Å². The molecule has 0 bridgehead atoms. The number of nitrogens with one attached hydrogen (secondary N) is 1.